The molecular weight excluding hydrogens is 303 g/mol. The molecule has 1 aromatic rings. The number of benzene rings is 1. The Morgan fingerprint density at radius 1 is 1.20 bits per heavy atom. The van der Waals surface area contributed by atoms with Crippen molar-refractivity contribution >= 4 is 22.6 Å². The second-order valence-electron chi connectivity index (χ2n) is 4.98. The highest BCUT2D eigenvalue weighted by Gasteiger charge is 2.18. The Bertz CT molecular complexity index is 342. The monoisotopic (exact) mass is 320 g/mol. The third-order valence-corrected chi connectivity index (χ3v) is 3.31. The van der Waals surface area contributed by atoms with Crippen LogP contribution in [0.5, 0.6) is 11.5 Å². The van der Waals surface area contributed by atoms with Gasteiger partial charge in [0.05, 0.1) is 0 Å². The fourth-order valence-electron chi connectivity index (χ4n) is 1.39. The van der Waals surface area contributed by atoms with Gasteiger partial charge in [0, 0.05) is 3.92 Å². The summed E-state index contributed by atoms with van der Waals surface area (Å²) in [6, 6.07) is 5.04. The molecule has 0 aromatic heterocycles. The molecule has 0 amide bonds. The highest BCUT2D eigenvalue weighted by Crippen LogP contribution is 2.38. The van der Waals surface area contributed by atoms with E-state index in [9.17, 15) is 10.2 Å². The van der Waals surface area contributed by atoms with Crippen molar-refractivity contribution in [1.29, 1.82) is 0 Å². The summed E-state index contributed by atoms with van der Waals surface area (Å²) in [5.41, 5.74) is 1.32. The van der Waals surface area contributed by atoms with Crippen molar-refractivity contribution in [2.24, 2.45) is 5.41 Å². The summed E-state index contributed by atoms with van der Waals surface area (Å²) in [6.45, 7) is 6.58. The smallest absolute Gasteiger partial charge is 0.157 e. The standard InChI is InChI=1S/C12H17IO2/c1-12(2,3)7-9(13)8-4-5-10(14)11(15)6-8/h4-6,9,14-15H,7H2,1-3H3. The molecule has 2 N–H and O–H groups in total. The molecule has 1 rings (SSSR count). The summed E-state index contributed by atoms with van der Waals surface area (Å²) in [7, 11) is 0. The van der Waals surface area contributed by atoms with Crippen LogP contribution in [0.25, 0.3) is 0 Å². The van der Waals surface area contributed by atoms with Gasteiger partial charge in [0.15, 0.2) is 11.5 Å². The molecular formula is C12H17IO2. The largest absolute Gasteiger partial charge is 0.504 e. The number of halogens is 1. The quantitative estimate of drug-likeness (QED) is 0.491. The number of rotatable bonds is 2. The first-order valence-electron chi connectivity index (χ1n) is 4.95. The van der Waals surface area contributed by atoms with E-state index in [2.05, 4.69) is 43.4 Å². The summed E-state index contributed by atoms with van der Waals surface area (Å²) in [5, 5.41) is 18.6. The van der Waals surface area contributed by atoms with Crippen LogP contribution in [0.3, 0.4) is 0 Å². The van der Waals surface area contributed by atoms with Crippen LogP contribution in [0, 0.1) is 5.41 Å². The van der Waals surface area contributed by atoms with E-state index in [1.165, 1.54) is 0 Å². The predicted molar refractivity (Wildman–Crippen MR) is 70.6 cm³/mol. The third-order valence-electron chi connectivity index (χ3n) is 2.15. The lowest BCUT2D eigenvalue weighted by Gasteiger charge is -2.22. The number of phenols is 2. The van der Waals surface area contributed by atoms with Gasteiger partial charge in [0.25, 0.3) is 0 Å². The van der Waals surface area contributed by atoms with Crippen LogP contribution in [0.1, 0.15) is 36.7 Å². The van der Waals surface area contributed by atoms with Crippen LogP contribution in [0.2, 0.25) is 0 Å². The molecule has 0 aliphatic heterocycles. The van der Waals surface area contributed by atoms with E-state index in [1.807, 2.05) is 6.07 Å². The lowest BCUT2D eigenvalue weighted by atomic mass is 9.88. The van der Waals surface area contributed by atoms with Gasteiger partial charge in [-0.05, 0) is 29.5 Å². The SMILES string of the molecule is CC(C)(C)CC(I)c1ccc(O)c(O)c1. The van der Waals surface area contributed by atoms with Crippen LogP contribution < -0.4 is 0 Å². The molecule has 1 atom stereocenters. The van der Waals surface area contributed by atoms with Gasteiger partial charge in [-0.1, -0.05) is 49.4 Å². The minimum absolute atomic E-state index is 0.0388. The topological polar surface area (TPSA) is 40.5 Å². The van der Waals surface area contributed by atoms with Gasteiger partial charge < -0.3 is 10.2 Å². The number of aromatic hydroxyl groups is 2. The predicted octanol–water partition coefficient (Wildman–Crippen LogP) is 4.01. The Kier molecular flexibility index (Phi) is 3.87. The molecule has 0 fully saturated rings. The van der Waals surface area contributed by atoms with Crippen LogP contribution in [-0.4, -0.2) is 10.2 Å². The summed E-state index contributed by atoms with van der Waals surface area (Å²) in [4.78, 5) is 0. The maximum atomic E-state index is 9.39. The van der Waals surface area contributed by atoms with Crippen LogP contribution in [0.4, 0.5) is 0 Å². The number of hydrogen-bond donors (Lipinski definition) is 2. The molecule has 0 aliphatic carbocycles. The lowest BCUT2D eigenvalue weighted by molar-refractivity contribution is 0.377. The van der Waals surface area contributed by atoms with Crippen molar-refractivity contribution in [3.63, 3.8) is 0 Å². The van der Waals surface area contributed by atoms with Gasteiger partial charge in [0.1, 0.15) is 0 Å². The second-order valence-corrected chi connectivity index (χ2v) is 6.48. The Labute approximate surface area is 104 Å². The van der Waals surface area contributed by atoms with Gasteiger partial charge in [-0.25, -0.2) is 0 Å². The van der Waals surface area contributed by atoms with Crippen molar-refractivity contribution in [3.8, 4) is 11.5 Å². The van der Waals surface area contributed by atoms with E-state index in [4.69, 9.17) is 0 Å². The number of alkyl halides is 1. The van der Waals surface area contributed by atoms with Gasteiger partial charge in [-0.3, -0.25) is 0 Å². The van der Waals surface area contributed by atoms with Crippen LogP contribution in [0.15, 0.2) is 18.2 Å². The molecule has 0 spiro atoms. The fourth-order valence-corrected chi connectivity index (χ4v) is 3.10. The van der Waals surface area contributed by atoms with Crippen LogP contribution in [-0.2, 0) is 0 Å². The Balaban J connectivity index is 2.83. The van der Waals surface area contributed by atoms with Crippen molar-refractivity contribution in [3.05, 3.63) is 23.8 Å². The highest BCUT2D eigenvalue weighted by molar-refractivity contribution is 14.1. The first kappa shape index (κ1) is 12.6. The number of phenolic OH excluding ortho intramolecular Hbond substituents is 2. The molecule has 0 radical (unpaired) electrons. The van der Waals surface area contributed by atoms with Crippen LogP contribution >= 0.6 is 22.6 Å². The minimum atomic E-state index is -0.0573. The maximum absolute atomic E-state index is 9.39. The molecule has 2 nitrogen and oxygen atoms in total. The minimum Gasteiger partial charge on any atom is -0.504 e. The zero-order chi connectivity index (χ0) is 11.6. The van der Waals surface area contributed by atoms with Gasteiger partial charge in [0.2, 0.25) is 0 Å². The summed E-state index contributed by atoms with van der Waals surface area (Å²) >= 11 is 2.37. The zero-order valence-electron chi connectivity index (χ0n) is 9.29. The van der Waals surface area contributed by atoms with Gasteiger partial charge in [-0.15, -0.1) is 0 Å². The van der Waals surface area contributed by atoms with Crippen molar-refractivity contribution in [2.75, 3.05) is 0 Å². The molecule has 0 heterocycles. The summed E-state index contributed by atoms with van der Waals surface area (Å²) in [5.74, 6) is -0.0961. The zero-order valence-corrected chi connectivity index (χ0v) is 11.4. The maximum Gasteiger partial charge on any atom is 0.157 e. The number of hydrogen-bond acceptors (Lipinski definition) is 2. The fraction of sp³-hybridized carbons (Fsp3) is 0.500. The van der Waals surface area contributed by atoms with E-state index in [0.29, 0.717) is 3.92 Å². The first-order chi connectivity index (χ1) is 6.79. The van der Waals surface area contributed by atoms with E-state index < -0.39 is 0 Å². The van der Waals surface area contributed by atoms with Crippen molar-refractivity contribution in [1.82, 2.24) is 0 Å². The Morgan fingerprint density at radius 3 is 2.27 bits per heavy atom. The molecule has 0 saturated heterocycles. The highest BCUT2D eigenvalue weighted by atomic mass is 127. The van der Waals surface area contributed by atoms with E-state index in [1.54, 1.807) is 12.1 Å². The normalized spacial score (nSPS) is 13.9. The van der Waals surface area contributed by atoms with E-state index >= 15 is 0 Å². The molecule has 0 bridgehead atoms. The van der Waals surface area contributed by atoms with Crippen molar-refractivity contribution < 1.29 is 10.2 Å². The molecule has 1 aromatic carbocycles. The molecule has 3 heteroatoms. The molecule has 15 heavy (non-hydrogen) atoms. The van der Waals surface area contributed by atoms with E-state index in [0.717, 1.165) is 12.0 Å². The van der Waals surface area contributed by atoms with Crippen molar-refractivity contribution in [2.45, 2.75) is 31.1 Å². The average molecular weight is 320 g/mol. The first-order valence-corrected chi connectivity index (χ1v) is 6.20. The van der Waals surface area contributed by atoms with E-state index in [-0.39, 0.29) is 16.9 Å². The molecule has 0 saturated carbocycles. The third kappa shape index (κ3) is 3.89. The average Bonchev–Trinajstić information content (AvgIpc) is 2.06. The second kappa shape index (κ2) is 4.60. The molecule has 84 valence electrons. The molecule has 0 aliphatic rings. The Morgan fingerprint density at radius 2 is 1.80 bits per heavy atom. The van der Waals surface area contributed by atoms with Gasteiger partial charge in [-0.2, -0.15) is 0 Å². The van der Waals surface area contributed by atoms with Gasteiger partial charge >= 0.3 is 0 Å². The summed E-state index contributed by atoms with van der Waals surface area (Å²) < 4.78 is 0.356. The Hall–Kier alpha value is -0.450. The molecule has 1 unspecified atom stereocenters. The lowest BCUT2D eigenvalue weighted by Crippen LogP contribution is -2.08. The summed E-state index contributed by atoms with van der Waals surface area (Å²) in [6.07, 6.45) is 1.04.